The molecule has 3 rings (SSSR count). The largest absolute Gasteiger partial charge is 0.350 e. The van der Waals surface area contributed by atoms with Crippen LogP contribution >= 0.6 is 27.7 Å². The minimum Gasteiger partial charge on any atom is -0.350 e. The number of fused-ring (bicyclic) bond motifs is 1. The molecule has 1 aliphatic rings. The number of carbonyl (C=O) groups is 2. The van der Waals surface area contributed by atoms with Crippen LogP contribution in [0.25, 0.3) is 0 Å². The number of hydrogen-bond acceptors (Lipinski definition) is 3. The molecule has 1 N–H and O–H groups in total. The van der Waals surface area contributed by atoms with Gasteiger partial charge in [0.15, 0.2) is 0 Å². The topological polar surface area (TPSA) is 49.4 Å². The van der Waals surface area contributed by atoms with Gasteiger partial charge in [0.2, 0.25) is 11.8 Å². The Hall–Kier alpha value is -1.86. The van der Waals surface area contributed by atoms with E-state index < -0.39 is 0 Å². The summed E-state index contributed by atoms with van der Waals surface area (Å²) in [5, 5.41) is 2.67. The smallest absolute Gasteiger partial charge is 0.240 e. The minimum atomic E-state index is -0.380. The van der Waals surface area contributed by atoms with Crippen molar-refractivity contribution in [3.8, 4) is 0 Å². The highest BCUT2D eigenvalue weighted by atomic mass is 79.9. The molecule has 4 nitrogen and oxygen atoms in total. The Morgan fingerprint density at radius 2 is 2.08 bits per heavy atom. The van der Waals surface area contributed by atoms with Gasteiger partial charge >= 0.3 is 0 Å². The summed E-state index contributed by atoms with van der Waals surface area (Å²) in [7, 11) is 0. The van der Waals surface area contributed by atoms with Gasteiger partial charge in [0.1, 0.15) is 12.4 Å². The van der Waals surface area contributed by atoms with E-state index in [0.29, 0.717) is 11.3 Å². The van der Waals surface area contributed by atoms with E-state index in [2.05, 4.69) is 21.2 Å². The van der Waals surface area contributed by atoms with Gasteiger partial charge in [0, 0.05) is 21.5 Å². The fraction of sp³-hybridized carbons (Fsp3) is 0.176. The first-order valence-corrected chi connectivity index (χ1v) is 9.05. The molecule has 2 aromatic rings. The first-order valence-electron chi connectivity index (χ1n) is 7.27. The molecule has 2 amide bonds. The van der Waals surface area contributed by atoms with Crippen molar-refractivity contribution >= 4 is 45.2 Å². The van der Waals surface area contributed by atoms with Crippen LogP contribution in [-0.4, -0.2) is 24.1 Å². The van der Waals surface area contributed by atoms with Crippen LogP contribution in [0.1, 0.15) is 5.56 Å². The molecule has 7 heteroatoms. The first-order chi connectivity index (χ1) is 11.5. The Labute approximate surface area is 151 Å². The molecule has 0 radical (unpaired) electrons. The van der Waals surface area contributed by atoms with Crippen molar-refractivity contribution in [2.24, 2.45) is 0 Å². The predicted molar refractivity (Wildman–Crippen MR) is 95.5 cm³/mol. The van der Waals surface area contributed by atoms with E-state index in [0.717, 1.165) is 15.1 Å². The third-order valence-corrected chi connectivity index (χ3v) is 5.13. The molecule has 0 unspecified atom stereocenters. The number of hydrogen-bond donors (Lipinski definition) is 1. The SMILES string of the molecule is O=C(CN1C(=O)CSc2ccccc21)NCc1cc(Br)ccc1F. The second-order valence-electron chi connectivity index (χ2n) is 5.25. The van der Waals surface area contributed by atoms with E-state index in [1.165, 1.54) is 22.7 Å². The van der Waals surface area contributed by atoms with Gasteiger partial charge in [-0.2, -0.15) is 0 Å². The lowest BCUT2D eigenvalue weighted by Crippen LogP contribution is -2.43. The molecule has 0 atom stereocenters. The maximum atomic E-state index is 13.7. The first kappa shape index (κ1) is 17.0. The summed E-state index contributed by atoms with van der Waals surface area (Å²) in [6.07, 6.45) is 0. The minimum absolute atomic E-state index is 0.0720. The lowest BCUT2D eigenvalue weighted by atomic mass is 10.2. The van der Waals surface area contributed by atoms with Crippen LogP contribution in [0.5, 0.6) is 0 Å². The summed E-state index contributed by atoms with van der Waals surface area (Å²) in [6.45, 7) is -0.00539. The maximum Gasteiger partial charge on any atom is 0.240 e. The van der Waals surface area contributed by atoms with Crippen molar-refractivity contribution in [3.05, 3.63) is 58.3 Å². The highest BCUT2D eigenvalue weighted by Crippen LogP contribution is 2.34. The number of nitrogens with one attached hydrogen (secondary N) is 1. The molecule has 0 spiro atoms. The fourth-order valence-electron chi connectivity index (χ4n) is 2.40. The van der Waals surface area contributed by atoms with Crippen LogP contribution in [0.3, 0.4) is 0 Å². The van der Waals surface area contributed by atoms with E-state index in [9.17, 15) is 14.0 Å². The van der Waals surface area contributed by atoms with Crippen molar-refractivity contribution < 1.29 is 14.0 Å². The quantitative estimate of drug-likeness (QED) is 0.843. The van der Waals surface area contributed by atoms with Crippen LogP contribution < -0.4 is 10.2 Å². The Morgan fingerprint density at radius 1 is 1.29 bits per heavy atom. The Bertz CT molecular complexity index is 800. The molecular weight excluding hydrogens is 395 g/mol. The number of rotatable bonds is 4. The monoisotopic (exact) mass is 408 g/mol. The van der Waals surface area contributed by atoms with Gasteiger partial charge < -0.3 is 10.2 Å². The van der Waals surface area contributed by atoms with Crippen molar-refractivity contribution in [2.45, 2.75) is 11.4 Å². The molecule has 0 fully saturated rings. The third kappa shape index (κ3) is 3.79. The number of nitrogens with zero attached hydrogens (tertiary/aromatic N) is 1. The zero-order valence-corrected chi connectivity index (χ0v) is 15.0. The maximum absolute atomic E-state index is 13.7. The summed E-state index contributed by atoms with van der Waals surface area (Å²) >= 11 is 4.74. The lowest BCUT2D eigenvalue weighted by molar-refractivity contribution is -0.123. The van der Waals surface area contributed by atoms with Gasteiger partial charge in [-0.05, 0) is 30.3 Å². The van der Waals surface area contributed by atoms with Crippen LogP contribution in [0.4, 0.5) is 10.1 Å². The van der Waals surface area contributed by atoms with Gasteiger partial charge in [-0.25, -0.2) is 4.39 Å². The van der Waals surface area contributed by atoms with Gasteiger partial charge in [0.25, 0.3) is 0 Å². The summed E-state index contributed by atoms with van der Waals surface area (Å²) in [4.78, 5) is 26.8. The van der Waals surface area contributed by atoms with Crippen molar-refractivity contribution in [1.29, 1.82) is 0 Å². The van der Waals surface area contributed by atoms with Crippen LogP contribution in [-0.2, 0) is 16.1 Å². The second-order valence-corrected chi connectivity index (χ2v) is 7.18. The number of para-hydroxylation sites is 1. The molecule has 0 saturated carbocycles. The summed E-state index contributed by atoms with van der Waals surface area (Å²) in [6, 6.07) is 12.0. The Balaban J connectivity index is 1.67. The van der Waals surface area contributed by atoms with Crippen LogP contribution in [0.15, 0.2) is 51.8 Å². The highest BCUT2D eigenvalue weighted by molar-refractivity contribution is 9.10. The third-order valence-electron chi connectivity index (χ3n) is 3.59. The number of anilines is 1. The number of carbonyl (C=O) groups excluding carboxylic acids is 2. The summed E-state index contributed by atoms with van der Waals surface area (Å²) in [5.41, 5.74) is 1.13. The molecule has 1 heterocycles. The normalized spacial score (nSPS) is 13.6. The molecule has 0 bridgehead atoms. The lowest BCUT2D eigenvalue weighted by Gasteiger charge is -2.28. The van der Waals surface area contributed by atoms with E-state index in [-0.39, 0.29) is 30.7 Å². The predicted octanol–water partition coefficient (Wildman–Crippen LogP) is 3.34. The van der Waals surface area contributed by atoms with Gasteiger partial charge in [-0.1, -0.05) is 28.1 Å². The molecule has 0 saturated heterocycles. The van der Waals surface area contributed by atoms with Gasteiger partial charge in [-0.3, -0.25) is 9.59 Å². The van der Waals surface area contributed by atoms with Crippen molar-refractivity contribution in [1.82, 2.24) is 5.32 Å². The molecule has 124 valence electrons. The number of halogens is 2. The molecule has 24 heavy (non-hydrogen) atoms. The Morgan fingerprint density at radius 3 is 2.92 bits per heavy atom. The average molecular weight is 409 g/mol. The zero-order valence-electron chi connectivity index (χ0n) is 12.6. The van der Waals surface area contributed by atoms with Crippen LogP contribution in [0, 0.1) is 5.82 Å². The number of thioether (sulfide) groups is 1. The van der Waals surface area contributed by atoms with E-state index >= 15 is 0 Å². The second kappa shape index (κ2) is 7.36. The Kier molecular flexibility index (Phi) is 5.20. The van der Waals surface area contributed by atoms with Crippen LogP contribution in [0.2, 0.25) is 0 Å². The molecular formula is C17H14BrFN2O2S. The van der Waals surface area contributed by atoms with Gasteiger partial charge in [-0.15, -0.1) is 11.8 Å². The van der Waals surface area contributed by atoms with Crippen molar-refractivity contribution in [2.75, 3.05) is 17.2 Å². The van der Waals surface area contributed by atoms with E-state index in [1.54, 1.807) is 12.1 Å². The average Bonchev–Trinajstić information content (AvgIpc) is 2.58. The van der Waals surface area contributed by atoms with Crippen molar-refractivity contribution in [3.63, 3.8) is 0 Å². The highest BCUT2D eigenvalue weighted by Gasteiger charge is 2.26. The molecule has 0 aliphatic carbocycles. The fourth-order valence-corrected chi connectivity index (χ4v) is 3.74. The molecule has 0 aromatic heterocycles. The summed E-state index contributed by atoms with van der Waals surface area (Å²) in [5.74, 6) is -0.508. The molecule has 1 aliphatic heterocycles. The van der Waals surface area contributed by atoms with Gasteiger partial charge in [0.05, 0.1) is 11.4 Å². The van der Waals surface area contributed by atoms with E-state index in [4.69, 9.17) is 0 Å². The number of amides is 2. The zero-order chi connectivity index (χ0) is 17.1. The summed E-state index contributed by atoms with van der Waals surface area (Å²) < 4.78 is 14.4. The molecule has 2 aromatic carbocycles. The standard InChI is InChI=1S/C17H14BrFN2O2S/c18-12-5-6-13(19)11(7-12)8-20-16(22)9-21-14-3-1-2-4-15(14)24-10-17(21)23/h1-7H,8-10H2,(H,20,22). The van der Waals surface area contributed by atoms with E-state index in [1.807, 2.05) is 24.3 Å². The number of benzene rings is 2.